The van der Waals surface area contributed by atoms with Crippen LogP contribution in [0, 0.1) is 0 Å². The molecule has 124 valence electrons. The number of anilines is 1. The van der Waals surface area contributed by atoms with Gasteiger partial charge in [-0.15, -0.1) is 10.2 Å². The molecule has 8 heteroatoms. The van der Waals surface area contributed by atoms with Gasteiger partial charge in [-0.05, 0) is 40.8 Å². The molecule has 0 spiro atoms. The molecular formula is C16H18BrN7. The molecule has 0 unspecified atom stereocenters. The van der Waals surface area contributed by atoms with Crippen LogP contribution in [-0.4, -0.2) is 42.6 Å². The van der Waals surface area contributed by atoms with Crippen LogP contribution in [0.1, 0.15) is 37.1 Å². The summed E-state index contributed by atoms with van der Waals surface area (Å²) < 4.78 is 2.76. The Hall–Kier alpha value is -2.09. The number of aromatic nitrogens is 6. The monoisotopic (exact) mass is 387 g/mol. The molecule has 4 rings (SSSR count). The van der Waals surface area contributed by atoms with Crippen molar-refractivity contribution in [2.24, 2.45) is 0 Å². The van der Waals surface area contributed by atoms with Crippen molar-refractivity contribution >= 4 is 27.5 Å². The van der Waals surface area contributed by atoms with Crippen LogP contribution in [0.25, 0.3) is 5.65 Å². The second-order valence-electron chi connectivity index (χ2n) is 5.98. The van der Waals surface area contributed by atoms with E-state index in [9.17, 15) is 0 Å². The number of fused-ring (bicyclic) bond motifs is 1. The van der Waals surface area contributed by atoms with Gasteiger partial charge >= 0.3 is 0 Å². The van der Waals surface area contributed by atoms with E-state index in [-0.39, 0.29) is 0 Å². The Kier molecular flexibility index (Phi) is 4.13. The zero-order valence-electron chi connectivity index (χ0n) is 13.4. The lowest BCUT2D eigenvalue weighted by molar-refractivity contribution is 0.477. The maximum atomic E-state index is 4.49. The van der Waals surface area contributed by atoms with Gasteiger partial charge in [0, 0.05) is 43.8 Å². The van der Waals surface area contributed by atoms with Gasteiger partial charge in [0.15, 0.2) is 10.3 Å². The number of aryl methyl sites for hydroxylation is 1. The Labute approximate surface area is 148 Å². The van der Waals surface area contributed by atoms with Gasteiger partial charge in [0.2, 0.25) is 5.95 Å². The first-order valence-corrected chi connectivity index (χ1v) is 8.96. The van der Waals surface area contributed by atoms with E-state index in [0.717, 1.165) is 54.4 Å². The van der Waals surface area contributed by atoms with Crippen molar-refractivity contribution in [3.8, 4) is 0 Å². The van der Waals surface area contributed by atoms with Crippen LogP contribution in [0.4, 0.5) is 5.95 Å². The molecular weight excluding hydrogens is 370 g/mol. The molecule has 0 aliphatic carbocycles. The predicted molar refractivity (Wildman–Crippen MR) is 94.1 cm³/mol. The Morgan fingerprint density at radius 1 is 1.12 bits per heavy atom. The first-order valence-electron chi connectivity index (χ1n) is 8.17. The SMILES string of the molecule is CCc1cnc(N2CCC(c3nnc4c(Br)nccn34)CC2)nc1. The first-order chi connectivity index (χ1) is 11.8. The molecule has 3 aromatic heterocycles. The highest BCUT2D eigenvalue weighted by Gasteiger charge is 2.26. The summed E-state index contributed by atoms with van der Waals surface area (Å²) in [5.41, 5.74) is 1.94. The van der Waals surface area contributed by atoms with E-state index in [2.05, 4.69) is 52.9 Å². The van der Waals surface area contributed by atoms with Crippen molar-refractivity contribution in [2.75, 3.05) is 18.0 Å². The van der Waals surface area contributed by atoms with Crippen molar-refractivity contribution in [3.05, 3.63) is 40.8 Å². The van der Waals surface area contributed by atoms with Crippen LogP contribution in [-0.2, 0) is 6.42 Å². The lowest BCUT2D eigenvalue weighted by Crippen LogP contribution is -2.34. The van der Waals surface area contributed by atoms with Gasteiger partial charge in [0.05, 0.1) is 0 Å². The minimum absolute atomic E-state index is 0.389. The highest BCUT2D eigenvalue weighted by Crippen LogP contribution is 2.29. The van der Waals surface area contributed by atoms with E-state index in [1.807, 2.05) is 23.0 Å². The Bertz CT molecular complexity index is 837. The van der Waals surface area contributed by atoms with Crippen LogP contribution >= 0.6 is 15.9 Å². The van der Waals surface area contributed by atoms with Gasteiger partial charge in [0.25, 0.3) is 0 Å². The van der Waals surface area contributed by atoms with Crippen molar-refractivity contribution in [1.29, 1.82) is 0 Å². The lowest BCUT2D eigenvalue weighted by Gasteiger charge is -2.31. The lowest BCUT2D eigenvalue weighted by atomic mass is 9.96. The van der Waals surface area contributed by atoms with Crippen LogP contribution < -0.4 is 4.90 Å². The van der Waals surface area contributed by atoms with Crippen LogP contribution in [0.15, 0.2) is 29.4 Å². The normalized spacial score (nSPS) is 16.0. The fourth-order valence-electron chi connectivity index (χ4n) is 3.12. The van der Waals surface area contributed by atoms with E-state index in [1.165, 1.54) is 5.56 Å². The molecule has 3 aromatic rings. The minimum atomic E-state index is 0.389. The number of hydrogen-bond donors (Lipinski definition) is 0. The van der Waals surface area contributed by atoms with Crippen LogP contribution in [0.3, 0.4) is 0 Å². The summed E-state index contributed by atoms with van der Waals surface area (Å²) in [5.74, 6) is 2.22. The van der Waals surface area contributed by atoms with Crippen molar-refractivity contribution in [3.63, 3.8) is 0 Å². The third-order valence-electron chi connectivity index (χ3n) is 4.55. The highest BCUT2D eigenvalue weighted by atomic mass is 79.9. The molecule has 1 saturated heterocycles. The van der Waals surface area contributed by atoms with E-state index in [1.54, 1.807) is 6.20 Å². The number of rotatable bonds is 3. The van der Waals surface area contributed by atoms with Gasteiger partial charge < -0.3 is 4.90 Å². The number of piperidine rings is 1. The molecule has 0 radical (unpaired) electrons. The van der Waals surface area contributed by atoms with Crippen molar-refractivity contribution in [1.82, 2.24) is 29.5 Å². The summed E-state index contributed by atoms with van der Waals surface area (Å²) in [6.45, 7) is 3.97. The largest absolute Gasteiger partial charge is 0.341 e. The van der Waals surface area contributed by atoms with Crippen molar-refractivity contribution < 1.29 is 0 Å². The second-order valence-corrected chi connectivity index (χ2v) is 6.73. The molecule has 1 aliphatic rings. The quantitative estimate of drug-likeness (QED) is 0.687. The predicted octanol–water partition coefficient (Wildman–Crippen LogP) is 2.62. The van der Waals surface area contributed by atoms with Crippen molar-refractivity contribution in [2.45, 2.75) is 32.1 Å². The number of halogens is 1. The molecule has 24 heavy (non-hydrogen) atoms. The summed E-state index contributed by atoms with van der Waals surface area (Å²) in [6.07, 6.45) is 10.5. The summed E-state index contributed by atoms with van der Waals surface area (Å²) in [4.78, 5) is 15.4. The van der Waals surface area contributed by atoms with Gasteiger partial charge in [-0.1, -0.05) is 6.92 Å². The smallest absolute Gasteiger partial charge is 0.225 e. The second kappa shape index (κ2) is 6.43. The molecule has 0 atom stereocenters. The first kappa shape index (κ1) is 15.4. The van der Waals surface area contributed by atoms with Crippen LogP contribution in [0.5, 0.6) is 0 Å². The van der Waals surface area contributed by atoms with Gasteiger partial charge in [0.1, 0.15) is 5.82 Å². The Morgan fingerprint density at radius 2 is 1.88 bits per heavy atom. The fourth-order valence-corrected chi connectivity index (χ4v) is 3.51. The topological polar surface area (TPSA) is 72.1 Å². The summed E-state index contributed by atoms with van der Waals surface area (Å²) in [6, 6.07) is 0. The van der Waals surface area contributed by atoms with Gasteiger partial charge in [-0.2, -0.15) is 0 Å². The number of hydrogen-bond acceptors (Lipinski definition) is 6. The Balaban J connectivity index is 1.50. The average Bonchev–Trinajstić information content (AvgIpc) is 3.07. The van der Waals surface area contributed by atoms with Gasteiger partial charge in [-0.3, -0.25) is 4.40 Å². The molecule has 7 nitrogen and oxygen atoms in total. The molecule has 1 fully saturated rings. The van der Waals surface area contributed by atoms with E-state index >= 15 is 0 Å². The summed E-state index contributed by atoms with van der Waals surface area (Å²) >= 11 is 3.43. The third kappa shape index (κ3) is 2.75. The number of nitrogens with zero attached hydrogens (tertiary/aromatic N) is 7. The molecule has 0 N–H and O–H groups in total. The third-order valence-corrected chi connectivity index (χ3v) is 5.11. The molecule has 0 aromatic carbocycles. The maximum absolute atomic E-state index is 4.49. The molecule has 0 amide bonds. The van der Waals surface area contributed by atoms with E-state index < -0.39 is 0 Å². The summed E-state index contributed by atoms with van der Waals surface area (Å²) in [5, 5.41) is 8.65. The molecule has 4 heterocycles. The highest BCUT2D eigenvalue weighted by molar-refractivity contribution is 9.10. The zero-order chi connectivity index (χ0) is 16.5. The molecule has 0 saturated carbocycles. The van der Waals surface area contributed by atoms with Gasteiger partial charge in [-0.25, -0.2) is 15.0 Å². The molecule has 0 bridgehead atoms. The fraction of sp³-hybridized carbons (Fsp3) is 0.438. The Morgan fingerprint density at radius 3 is 2.58 bits per heavy atom. The average molecular weight is 388 g/mol. The molecule has 1 aliphatic heterocycles. The minimum Gasteiger partial charge on any atom is -0.341 e. The summed E-state index contributed by atoms with van der Waals surface area (Å²) in [7, 11) is 0. The standard InChI is InChI=1S/C16H18BrN7/c1-2-11-9-19-16(20-10-11)23-6-3-12(4-7-23)14-21-22-15-13(17)18-5-8-24(14)15/h5,8-10,12H,2-4,6-7H2,1H3. The van der Waals surface area contributed by atoms with E-state index in [0.29, 0.717) is 5.92 Å². The van der Waals surface area contributed by atoms with Crippen LogP contribution in [0.2, 0.25) is 0 Å². The van der Waals surface area contributed by atoms with E-state index in [4.69, 9.17) is 0 Å². The zero-order valence-corrected chi connectivity index (χ0v) is 15.0. The maximum Gasteiger partial charge on any atom is 0.225 e.